The van der Waals surface area contributed by atoms with Crippen molar-refractivity contribution in [1.82, 2.24) is 20.4 Å². The van der Waals surface area contributed by atoms with Gasteiger partial charge in [0.05, 0.1) is 13.1 Å². The minimum Gasteiger partial charge on any atom is -0.355 e. The van der Waals surface area contributed by atoms with E-state index >= 15 is 0 Å². The molecule has 0 aromatic heterocycles. The molecular formula is C18H28Cl2N4O2. The van der Waals surface area contributed by atoms with Crippen molar-refractivity contribution in [3.8, 4) is 0 Å². The van der Waals surface area contributed by atoms with Crippen molar-refractivity contribution in [2.24, 2.45) is 0 Å². The van der Waals surface area contributed by atoms with E-state index in [2.05, 4.69) is 15.5 Å². The van der Waals surface area contributed by atoms with Crippen LogP contribution < -0.4 is 10.6 Å². The zero-order valence-electron chi connectivity index (χ0n) is 15.3. The van der Waals surface area contributed by atoms with Gasteiger partial charge in [-0.15, -0.1) is 12.4 Å². The van der Waals surface area contributed by atoms with Gasteiger partial charge in [-0.1, -0.05) is 36.7 Å². The molecule has 1 unspecified atom stereocenters. The molecule has 6 nitrogen and oxygen atoms in total. The highest BCUT2D eigenvalue weighted by atomic mass is 35.5. The van der Waals surface area contributed by atoms with E-state index in [1.807, 2.05) is 31.2 Å². The quantitative estimate of drug-likeness (QED) is 0.728. The topological polar surface area (TPSA) is 64.7 Å². The first kappa shape index (κ1) is 22.7. The van der Waals surface area contributed by atoms with Crippen LogP contribution >= 0.6 is 24.0 Å². The van der Waals surface area contributed by atoms with Crippen LogP contribution in [0.1, 0.15) is 24.9 Å². The van der Waals surface area contributed by atoms with Crippen molar-refractivity contribution >= 4 is 35.8 Å². The fourth-order valence-corrected chi connectivity index (χ4v) is 3.17. The number of likely N-dealkylation sites (N-methyl/N-ethyl adjacent to an activating group) is 1. The van der Waals surface area contributed by atoms with Crippen molar-refractivity contribution in [3.63, 3.8) is 0 Å². The zero-order valence-corrected chi connectivity index (χ0v) is 16.9. The maximum Gasteiger partial charge on any atom is 0.239 e. The summed E-state index contributed by atoms with van der Waals surface area (Å²) in [5.41, 5.74) is 1.02. The molecule has 1 saturated heterocycles. The SMILES string of the molecule is CCCNC(=O)CN(C)C(=O)CN1CCNCC1c1ccccc1Cl.Cl. The number of hydrogen-bond donors (Lipinski definition) is 2. The fourth-order valence-electron chi connectivity index (χ4n) is 2.91. The molecule has 2 amide bonds. The largest absolute Gasteiger partial charge is 0.355 e. The molecule has 1 atom stereocenters. The Morgan fingerprint density at radius 2 is 2.12 bits per heavy atom. The van der Waals surface area contributed by atoms with E-state index in [4.69, 9.17) is 11.6 Å². The van der Waals surface area contributed by atoms with Gasteiger partial charge >= 0.3 is 0 Å². The van der Waals surface area contributed by atoms with Gasteiger partial charge in [-0.25, -0.2) is 0 Å². The van der Waals surface area contributed by atoms with Crippen LogP contribution in [0.3, 0.4) is 0 Å². The van der Waals surface area contributed by atoms with Gasteiger partial charge in [0.2, 0.25) is 11.8 Å². The second-order valence-electron chi connectivity index (χ2n) is 6.31. The third-order valence-corrected chi connectivity index (χ3v) is 4.68. The molecule has 1 aromatic carbocycles. The average Bonchev–Trinajstić information content (AvgIpc) is 2.61. The predicted molar refractivity (Wildman–Crippen MR) is 107 cm³/mol. The molecule has 26 heavy (non-hydrogen) atoms. The molecule has 0 aliphatic carbocycles. The number of rotatable bonds is 7. The number of amides is 2. The van der Waals surface area contributed by atoms with Gasteiger partial charge < -0.3 is 15.5 Å². The molecule has 2 N–H and O–H groups in total. The van der Waals surface area contributed by atoms with Crippen LogP contribution in [0.25, 0.3) is 0 Å². The Hall–Kier alpha value is -1.34. The van der Waals surface area contributed by atoms with Gasteiger partial charge in [0.1, 0.15) is 0 Å². The van der Waals surface area contributed by atoms with Crippen molar-refractivity contribution in [1.29, 1.82) is 0 Å². The zero-order chi connectivity index (χ0) is 18.2. The third-order valence-electron chi connectivity index (χ3n) is 4.34. The van der Waals surface area contributed by atoms with E-state index in [0.29, 0.717) is 11.6 Å². The van der Waals surface area contributed by atoms with Gasteiger partial charge in [-0.05, 0) is 18.1 Å². The predicted octanol–water partition coefficient (Wildman–Crippen LogP) is 1.69. The third kappa shape index (κ3) is 6.43. The minimum absolute atomic E-state index is 0. The lowest BCUT2D eigenvalue weighted by molar-refractivity contribution is -0.136. The van der Waals surface area contributed by atoms with Crippen LogP contribution in [-0.2, 0) is 9.59 Å². The first-order valence-corrected chi connectivity index (χ1v) is 9.10. The molecule has 8 heteroatoms. The maximum atomic E-state index is 12.5. The Balaban J connectivity index is 0.00000338. The number of halogens is 2. The number of carbonyl (C=O) groups excluding carboxylic acids is 2. The number of carbonyl (C=O) groups is 2. The van der Waals surface area contributed by atoms with Crippen LogP contribution in [0, 0.1) is 0 Å². The lowest BCUT2D eigenvalue weighted by atomic mass is 10.0. The van der Waals surface area contributed by atoms with E-state index in [0.717, 1.165) is 31.6 Å². The number of nitrogens with one attached hydrogen (secondary N) is 2. The van der Waals surface area contributed by atoms with E-state index in [1.165, 1.54) is 4.90 Å². The van der Waals surface area contributed by atoms with Crippen LogP contribution in [0.15, 0.2) is 24.3 Å². The lowest BCUT2D eigenvalue weighted by Gasteiger charge is -2.37. The van der Waals surface area contributed by atoms with Crippen molar-refractivity contribution < 1.29 is 9.59 Å². The van der Waals surface area contributed by atoms with Gasteiger partial charge in [0.25, 0.3) is 0 Å². The van der Waals surface area contributed by atoms with Crippen molar-refractivity contribution in [2.75, 3.05) is 46.3 Å². The van der Waals surface area contributed by atoms with Gasteiger partial charge in [-0.3, -0.25) is 14.5 Å². The summed E-state index contributed by atoms with van der Waals surface area (Å²) in [6, 6.07) is 7.78. The molecular weight excluding hydrogens is 375 g/mol. The molecule has 0 saturated carbocycles. The molecule has 1 fully saturated rings. The van der Waals surface area contributed by atoms with Crippen LogP contribution in [0.2, 0.25) is 5.02 Å². The second-order valence-corrected chi connectivity index (χ2v) is 6.72. The molecule has 1 heterocycles. The first-order chi connectivity index (χ1) is 12.0. The second kappa shape index (κ2) is 11.4. The summed E-state index contributed by atoms with van der Waals surface area (Å²) in [6.07, 6.45) is 0.879. The molecule has 0 spiro atoms. The molecule has 0 radical (unpaired) electrons. The van der Waals surface area contributed by atoms with E-state index < -0.39 is 0 Å². The smallest absolute Gasteiger partial charge is 0.239 e. The normalized spacial score (nSPS) is 17.3. The Bertz CT molecular complexity index is 600. The van der Waals surface area contributed by atoms with Crippen LogP contribution in [0.5, 0.6) is 0 Å². The van der Waals surface area contributed by atoms with Gasteiger partial charge in [0, 0.05) is 44.3 Å². The highest BCUT2D eigenvalue weighted by Gasteiger charge is 2.28. The molecule has 1 aliphatic rings. The Labute approximate surface area is 166 Å². The first-order valence-electron chi connectivity index (χ1n) is 8.72. The maximum absolute atomic E-state index is 12.5. The summed E-state index contributed by atoms with van der Waals surface area (Å²) in [5.74, 6) is -0.189. The molecule has 0 bridgehead atoms. The summed E-state index contributed by atoms with van der Waals surface area (Å²) < 4.78 is 0. The highest BCUT2D eigenvalue weighted by Crippen LogP contribution is 2.28. The summed E-state index contributed by atoms with van der Waals surface area (Å²) in [5, 5.41) is 6.86. The fraction of sp³-hybridized carbons (Fsp3) is 0.556. The average molecular weight is 403 g/mol. The lowest BCUT2D eigenvalue weighted by Crippen LogP contribution is -2.50. The van der Waals surface area contributed by atoms with E-state index in [9.17, 15) is 9.59 Å². The number of benzene rings is 1. The summed E-state index contributed by atoms with van der Waals surface area (Å²) in [6.45, 7) is 5.32. The Kier molecular flexibility index (Phi) is 9.94. The number of hydrogen-bond acceptors (Lipinski definition) is 4. The summed E-state index contributed by atoms with van der Waals surface area (Å²) in [7, 11) is 1.67. The van der Waals surface area contributed by atoms with Crippen molar-refractivity contribution in [3.05, 3.63) is 34.9 Å². The van der Waals surface area contributed by atoms with Gasteiger partial charge in [-0.2, -0.15) is 0 Å². The number of piperazine rings is 1. The van der Waals surface area contributed by atoms with Crippen molar-refractivity contribution in [2.45, 2.75) is 19.4 Å². The summed E-state index contributed by atoms with van der Waals surface area (Å²) >= 11 is 6.34. The minimum atomic E-state index is -0.124. The van der Waals surface area contributed by atoms with E-state index in [1.54, 1.807) is 7.05 Å². The van der Waals surface area contributed by atoms with E-state index in [-0.39, 0.29) is 43.4 Å². The molecule has 146 valence electrons. The van der Waals surface area contributed by atoms with Crippen LogP contribution in [0.4, 0.5) is 0 Å². The Morgan fingerprint density at radius 3 is 2.81 bits per heavy atom. The highest BCUT2D eigenvalue weighted by molar-refractivity contribution is 6.31. The molecule has 2 rings (SSSR count). The summed E-state index contributed by atoms with van der Waals surface area (Å²) in [4.78, 5) is 27.9. The monoisotopic (exact) mass is 402 g/mol. The molecule has 1 aromatic rings. The van der Waals surface area contributed by atoms with Gasteiger partial charge in [0.15, 0.2) is 0 Å². The standard InChI is InChI=1S/C18H27ClN4O2.ClH/c1-3-8-21-17(24)12-22(2)18(25)13-23-10-9-20-11-16(23)14-6-4-5-7-15(14)19;/h4-7,16,20H,3,8-13H2,1-2H3,(H,21,24);1H. The number of nitrogens with zero attached hydrogens (tertiary/aromatic N) is 2. The Morgan fingerprint density at radius 1 is 1.38 bits per heavy atom. The van der Waals surface area contributed by atoms with Crippen LogP contribution in [-0.4, -0.2) is 67.9 Å². The molecule has 1 aliphatic heterocycles.